The van der Waals surface area contributed by atoms with Crippen molar-refractivity contribution in [3.05, 3.63) is 12.2 Å². The fourth-order valence-corrected chi connectivity index (χ4v) is 3.71. The topological polar surface area (TPSA) is 20.2 Å². The molecule has 1 nitrogen and oxygen atoms in total. The first-order valence-corrected chi connectivity index (χ1v) is 8.75. The van der Waals surface area contributed by atoms with E-state index in [1.807, 2.05) is 13.8 Å². The van der Waals surface area contributed by atoms with Crippen LogP contribution in [-0.2, 0) is 0 Å². The van der Waals surface area contributed by atoms with E-state index in [-0.39, 0.29) is 6.10 Å². The first-order chi connectivity index (χ1) is 5.72. The Labute approximate surface area is 83.9 Å². The molecule has 0 amide bonds. The summed E-state index contributed by atoms with van der Waals surface area (Å²) < 4.78 is 0. The Hall–Kier alpha value is -0.0831. The molecule has 13 heavy (non-hydrogen) atoms. The molecule has 0 radical (unpaired) electrons. The number of hydrogen-bond acceptors (Lipinski definition) is 1. The predicted octanol–water partition coefficient (Wildman–Crippen LogP) is 3.29. The van der Waals surface area contributed by atoms with E-state index in [9.17, 15) is 5.11 Å². The van der Waals surface area contributed by atoms with E-state index in [2.05, 4.69) is 26.2 Å². The molecule has 1 N–H and O–H groups in total. The SMILES string of the molecule is C=C(C)C[C@@H](C[Si](C)(C)C)[C@@H](C)O. The molecule has 0 aromatic carbocycles. The van der Waals surface area contributed by atoms with Crippen molar-refractivity contribution < 1.29 is 5.11 Å². The summed E-state index contributed by atoms with van der Waals surface area (Å²) in [4.78, 5) is 0. The van der Waals surface area contributed by atoms with Crippen LogP contribution in [0.5, 0.6) is 0 Å². The third-order valence-corrected chi connectivity index (χ3v) is 3.92. The largest absolute Gasteiger partial charge is 0.393 e. The summed E-state index contributed by atoms with van der Waals surface area (Å²) in [6.07, 6.45) is 0.783. The van der Waals surface area contributed by atoms with Crippen LogP contribution < -0.4 is 0 Å². The molecule has 0 aromatic rings. The van der Waals surface area contributed by atoms with Gasteiger partial charge in [0.1, 0.15) is 0 Å². The van der Waals surface area contributed by atoms with Gasteiger partial charge in [-0.25, -0.2) is 0 Å². The minimum atomic E-state index is -1.05. The first kappa shape index (κ1) is 12.9. The highest BCUT2D eigenvalue weighted by Gasteiger charge is 2.23. The molecular formula is C11H24OSi. The molecule has 0 spiro atoms. The van der Waals surface area contributed by atoms with E-state index in [1.54, 1.807) is 0 Å². The molecule has 0 saturated carbocycles. The van der Waals surface area contributed by atoms with Crippen LogP contribution in [0.1, 0.15) is 20.3 Å². The van der Waals surface area contributed by atoms with Crippen LogP contribution in [0.2, 0.25) is 25.7 Å². The average molecular weight is 200 g/mol. The van der Waals surface area contributed by atoms with Crippen molar-refractivity contribution in [1.82, 2.24) is 0 Å². The fourth-order valence-electron chi connectivity index (χ4n) is 1.65. The maximum absolute atomic E-state index is 9.61. The molecular weight excluding hydrogens is 176 g/mol. The van der Waals surface area contributed by atoms with Gasteiger partial charge in [-0.1, -0.05) is 31.3 Å². The van der Waals surface area contributed by atoms with Crippen LogP contribution in [0.4, 0.5) is 0 Å². The van der Waals surface area contributed by atoms with Crippen molar-refractivity contribution in [3.8, 4) is 0 Å². The third-order valence-electron chi connectivity index (χ3n) is 2.17. The second-order valence-corrected chi connectivity index (χ2v) is 11.0. The highest BCUT2D eigenvalue weighted by atomic mass is 28.3. The van der Waals surface area contributed by atoms with Gasteiger partial charge in [-0.2, -0.15) is 0 Å². The number of allylic oxidation sites excluding steroid dienone is 1. The van der Waals surface area contributed by atoms with Crippen LogP contribution in [0.25, 0.3) is 0 Å². The fraction of sp³-hybridized carbons (Fsp3) is 0.818. The van der Waals surface area contributed by atoms with Gasteiger partial charge in [-0.3, -0.25) is 0 Å². The molecule has 0 aliphatic heterocycles. The van der Waals surface area contributed by atoms with Crippen LogP contribution >= 0.6 is 0 Å². The summed E-state index contributed by atoms with van der Waals surface area (Å²) in [5, 5.41) is 9.61. The number of rotatable bonds is 5. The van der Waals surface area contributed by atoms with Crippen LogP contribution in [0.15, 0.2) is 12.2 Å². The molecule has 0 fully saturated rings. The zero-order chi connectivity index (χ0) is 10.6. The maximum atomic E-state index is 9.61. The molecule has 0 aliphatic rings. The Morgan fingerprint density at radius 2 is 1.85 bits per heavy atom. The Morgan fingerprint density at radius 1 is 1.38 bits per heavy atom. The molecule has 2 heteroatoms. The highest BCUT2D eigenvalue weighted by Crippen LogP contribution is 2.25. The summed E-state index contributed by atoms with van der Waals surface area (Å²) in [6.45, 7) is 14.9. The molecule has 0 aliphatic carbocycles. The molecule has 0 heterocycles. The van der Waals surface area contributed by atoms with Crippen molar-refractivity contribution >= 4 is 8.07 Å². The van der Waals surface area contributed by atoms with Gasteiger partial charge in [0.25, 0.3) is 0 Å². The zero-order valence-electron chi connectivity index (χ0n) is 9.72. The lowest BCUT2D eigenvalue weighted by molar-refractivity contribution is 0.134. The predicted molar refractivity (Wildman–Crippen MR) is 62.8 cm³/mol. The van der Waals surface area contributed by atoms with Crippen LogP contribution in [0.3, 0.4) is 0 Å². The Morgan fingerprint density at radius 3 is 2.08 bits per heavy atom. The van der Waals surface area contributed by atoms with E-state index in [0.29, 0.717) is 5.92 Å². The molecule has 0 aromatic heterocycles. The van der Waals surface area contributed by atoms with Gasteiger partial charge in [-0.05, 0) is 26.2 Å². The summed E-state index contributed by atoms with van der Waals surface area (Å²) in [7, 11) is -1.05. The minimum absolute atomic E-state index is 0.191. The smallest absolute Gasteiger partial charge is 0.0540 e. The van der Waals surface area contributed by atoms with Gasteiger partial charge in [0, 0.05) is 8.07 Å². The molecule has 2 atom stereocenters. The van der Waals surface area contributed by atoms with Crippen LogP contribution in [-0.4, -0.2) is 19.3 Å². The summed E-state index contributed by atoms with van der Waals surface area (Å²) in [5.41, 5.74) is 1.18. The van der Waals surface area contributed by atoms with Gasteiger partial charge in [-0.15, -0.1) is 6.58 Å². The second kappa shape index (κ2) is 4.96. The van der Waals surface area contributed by atoms with Gasteiger partial charge >= 0.3 is 0 Å². The van der Waals surface area contributed by atoms with Crippen molar-refractivity contribution in [2.45, 2.75) is 52.1 Å². The number of aliphatic hydroxyl groups is 1. The average Bonchev–Trinajstić information content (AvgIpc) is 1.81. The van der Waals surface area contributed by atoms with E-state index >= 15 is 0 Å². The lowest BCUT2D eigenvalue weighted by Crippen LogP contribution is -2.29. The molecule has 0 unspecified atom stereocenters. The standard InChI is InChI=1S/C11H24OSi/c1-9(2)7-11(10(3)12)8-13(4,5)6/h10-12H,1,7-8H2,2-6H3/t10-,11+/m1/s1. The van der Waals surface area contributed by atoms with Crippen molar-refractivity contribution in [2.75, 3.05) is 0 Å². The van der Waals surface area contributed by atoms with Crippen molar-refractivity contribution in [2.24, 2.45) is 5.92 Å². The van der Waals surface area contributed by atoms with Crippen molar-refractivity contribution in [1.29, 1.82) is 0 Å². The van der Waals surface area contributed by atoms with E-state index in [4.69, 9.17) is 0 Å². The summed E-state index contributed by atoms with van der Waals surface area (Å²) >= 11 is 0. The van der Waals surface area contributed by atoms with E-state index in [0.717, 1.165) is 6.42 Å². The molecule has 0 saturated heterocycles. The van der Waals surface area contributed by atoms with Gasteiger partial charge in [0.2, 0.25) is 0 Å². The first-order valence-electron chi connectivity index (χ1n) is 5.05. The zero-order valence-corrected chi connectivity index (χ0v) is 10.7. The minimum Gasteiger partial charge on any atom is -0.393 e. The Bertz CT molecular complexity index is 167. The quantitative estimate of drug-likeness (QED) is 0.533. The van der Waals surface area contributed by atoms with E-state index < -0.39 is 8.07 Å². The summed E-state index contributed by atoms with van der Waals surface area (Å²) in [5.74, 6) is 0.421. The lowest BCUT2D eigenvalue weighted by atomic mass is 9.98. The van der Waals surface area contributed by atoms with Gasteiger partial charge in [0.05, 0.1) is 6.10 Å². The Kier molecular flexibility index (Phi) is 4.93. The molecule has 0 rings (SSSR count). The van der Waals surface area contributed by atoms with Gasteiger partial charge in [0.15, 0.2) is 0 Å². The van der Waals surface area contributed by atoms with Crippen molar-refractivity contribution in [3.63, 3.8) is 0 Å². The molecule has 78 valence electrons. The maximum Gasteiger partial charge on any atom is 0.0540 e. The monoisotopic (exact) mass is 200 g/mol. The van der Waals surface area contributed by atoms with Crippen LogP contribution in [0, 0.1) is 5.92 Å². The van der Waals surface area contributed by atoms with Gasteiger partial charge < -0.3 is 5.11 Å². The number of hydrogen-bond donors (Lipinski definition) is 1. The third kappa shape index (κ3) is 7.02. The second-order valence-electron chi connectivity index (χ2n) is 5.43. The van der Waals surface area contributed by atoms with E-state index in [1.165, 1.54) is 11.6 Å². The normalized spacial score (nSPS) is 16.8. The Balaban J connectivity index is 4.19. The highest BCUT2D eigenvalue weighted by molar-refractivity contribution is 6.76. The molecule has 0 bridgehead atoms. The summed E-state index contributed by atoms with van der Waals surface area (Å²) in [6, 6.07) is 1.19. The number of aliphatic hydroxyl groups excluding tert-OH is 1. The lowest BCUT2D eigenvalue weighted by Gasteiger charge is -2.26.